The Balaban J connectivity index is 1.90. The van der Waals surface area contributed by atoms with E-state index >= 15 is 0 Å². The van der Waals surface area contributed by atoms with E-state index < -0.39 is 0 Å². The van der Waals surface area contributed by atoms with E-state index in [1.54, 1.807) is 0 Å². The van der Waals surface area contributed by atoms with Crippen LogP contribution in [0.25, 0.3) is 6.08 Å². The molecule has 1 heteroatoms. The summed E-state index contributed by atoms with van der Waals surface area (Å²) >= 11 is 0. The molecular weight excluding hydrogens is 496 g/mol. The summed E-state index contributed by atoms with van der Waals surface area (Å²) in [6.45, 7) is 21.6. The smallest absolute Gasteiger partial charge is 0.0585 e. The Morgan fingerprint density at radius 1 is 0.683 bits per heavy atom. The molecular formula is C40H52O. The fourth-order valence-corrected chi connectivity index (χ4v) is 5.11. The van der Waals surface area contributed by atoms with Crippen LogP contribution in [-0.4, -0.2) is 11.2 Å². The molecule has 1 aromatic rings. The van der Waals surface area contributed by atoms with Crippen molar-refractivity contribution in [3.63, 3.8) is 0 Å². The zero-order chi connectivity index (χ0) is 30.6. The lowest BCUT2D eigenvalue weighted by Crippen LogP contribution is -2.28. The molecule has 0 heterocycles. The van der Waals surface area contributed by atoms with Crippen LogP contribution in [0.2, 0.25) is 0 Å². The van der Waals surface area contributed by atoms with Crippen LogP contribution in [0, 0.1) is 26.2 Å². The fourth-order valence-electron chi connectivity index (χ4n) is 5.11. The average molecular weight is 549 g/mol. The van der Waals surface area contributed by atoms with Gasteiger partial charge >= 0.3 is 0 Å². The highest BCUT2D eigenvalue weighted by molar-refractivity contribution is 5.59. The molecule has 0 fully saturated rings. The van der Waals surface area contributed by atoms with Gasteiger partial charge in [0.1, 0.15) is 0 Å². The highest BCUT2D eigenvalue weighted by Gasteiger charge is 2.31. The molecule has 0 aromatic heterocycles. The Bertz CT molecular complexity index is 1370. The Hall–Kier alpha value is -3.42. The molecule has 41 heavy (non-hydrogen) atoms. The highest BCUT2D eigenvalue weighted by Crippen LogP contribution is 2.41. The van der Waals surface area contributed by atoms with Gasteiger partial charge in [-0.05, 0) is 101 Å². The monoisotopic (exact) mass is 548 g/mol. The second-order valence-corrected chi connectivity index (χ2v) is 12.3. The molecule has 1 N–H and O–H groups in total. The van der Waals surface area contributed by atoms with Gasteiger partial charge in [0.2, 0.25) is 0 Å². The topological polar surface area (TPSA) is 20.2 Å². The van der Waals surface area contributed by atoms with Crippen LogP contribution in [-0.2, 0) is 0 Å². The summed E-state index contributed by atoms with van der Waals surface area (Å²) in [6.07, 6.45) is 31.3. The maximum Gasteiger partial charge on any atom is 0.0585 e. The van der Waals surface area contributed by atoms with E-state index in [0.717, 1.165) is 12.8 Å². The van der Waals surface area contributed by atoms with Gasteiger partial charge in [-0.15, -0.1) is 0 Å². The van der Waals surface area contributed by atoms with Gasteiger partial charge in [0, 0.05) is 0 Å². The largest absolute Gasteiger partial charge is 0.393 e. The lowest BCUT2D eigenvalue weighted by atomic mass is 9.71. The van der Waals surface area contributed by atoms with Crippen LogP contribution in [0.1, 0.15) is 83.6 Å². The molecule has 1 atom stereocenters. The molecule has 0 spiro atoms. The fraction of sp³-hybridized carbons (Fsp3) is 0.350. The van der Waals surface area contributed by atoms with Gasteiger partial charge < -0.3 is 5.11 Å². The number of benzene rings is 1. The van der Waals surface area contributed by atoms with Crippen molar-refractivity contribution in [2.75, 3.05) is 0 Å². The van der Waals surface area contributed by atoms with Crippen molar-refractivity contribution in [3.05, 3.63) is 147 Å². The lowest BCUT2D eigenvalue weighted by molar-refractivity contribution is 0.116. The van der Waals surface area contributed by atoms with Crippen molar-refractivity contribution >= 4 is 6.08 Å². The number of hydrogen-bond donors (Lipinski definition) is 1. The molecule has 1 aliphatic rings. The predicted molar refractivity (Wildman–Crippen MR) is 183 cm³/mol. The van der Waals surface area contributed by atoms with E-state index in [0.29, 0.717) is 0 Å². The van der Waals surface area contributed by atoms with Gasteiger partial charge in [0.15, 0.2) is 0 Å². The summed E-state index contributed by atoms with van der Waals surface area (Å²) in [5.41, 5.74) is 12.8. The molecule has 0 saturated heterocycles. The van der Waals surface area contributed by atoms with E-state index in [1.807, 2.05) is 0 Å². The quantitative estimate of drug-likeness (QED) is 0.288. The number of hydrogen-bond acceptors (Lipinski definition) is 1. The number of rotatable bonds is 10. The first-order valence-corrected chi connectivity index (χ1v) is 14.8. The molecule has 1 nitrogen and oxygen atoms in total. The van der Waals surface area contributed by atoms with Crippen LogP contribution < -0.4 is 0 Å². The van der Waals surface area contributed by atoms with Crippen molar-refractivity contribution in [3.8, 4) is 0 Å². The number of aliphatic hydroxyl groups excluding tert-OH is 1. The third-order valence-electron chi connectivity index (χ3n) is 7.88. The Morgan fingerprint density at radius 3 is 1.71 bits per heavy atom. The molecule has 0 amide bonds. The minimum atomic E-state index is -0.223. The molecule has 1 aromatic carbocycles. The minimum absolute atomic E-state index is 0.0100. The molecule has 1 unspecified atom stereocenters. The van der Waals surface area contributed by atoms with Gasteiger partial charge in [-0.2, -0.15) is 0 Å². The van der Waals surface area contributed by atoms with E-state index in [4.69, 9.17) is 0 Å². The maximum absolute atomic E-state index is 10.1. The predicted octanol–water partition coefficient (Wildman–Crippen LogP) is 11.1. The number of allylic oxidation sites excluding steroid dienone is 18. The van der Waals surface area contributed by atoms with E-state index in [2.05, 4.69) is 166 Å². The lowest BCUT2D eigenvalue weighted by Gasteiger charge is -2.35. The van der Waals surface area contributed by atoms with Gasteiger partial charge in [0.05, 0.1) is 6.10 Å². The van der Waals surface area contributed by atoms with Gasteiger partial charge in [-0.3, -0.25) is 0 Å². The summed E-state index contributed by atoms with van der Waals surface area (Å²) in [6, 6.07) is 4.39. The molecule has 0 bridgehead atoms. The summed E-state index contributed by atoms with van der Waals surface area (Å²) in [4.78, 5) is 0. The first-order chi connectivity index (χ1) is 19.3. The number of aryl methyl sites for hydroxylation is 1. The van der Waals surface area contributed by atoms with Crippen LogP contribution >= 0.6 is 0 Å². The van der Waals surface area contributed by atoms with Gasteiger partial charge in [-0.1, -0.05) is 139 Å². The molecule has 218 valence electrons. The summed E-state index contributed by atoms with van der Waals surface area (Å²) in [5, 5.41) is 10.1. The SMILES string of the molecule is CC1=C(/C=C/C(C)=C/C=C/C(C)=C/C=C/C=C(C)/C=C/C=C(C)/C=C/c2ccc(C)c(C)c2C)C(C)(C)CC(O)C1. The Morgan fingerprint density at radius 2 is 1.17 bits per heavy atom. The third-order valence-corrected chi connectivity index (χ3v) is 7.88. The molecule has 0 aliphatic heterocycles. The zero-order valence-electron chi connectivity index (χ0n) is 27.2. The first-order valence-electron chi connectivity index (χ1n) is 14.8. The maximum atomic E-state index is 10.1. The standard InChI is InChI=1S/C40H52O/c1-29(17-13-19-31(3)21-24-37-25-23-33(5)35(7)36(37)8)15-11-12-16-30(2)18-14-20-32(4)22-26-39-34(6)27-38(41)28-40(39,9)10/h11-26,38,41H,27-28H2,1-10H3/b12-11+,17-13+,18-14+,24-21+,26-22+,29-15+,30-16+,31-19+,32-20+. The van der Waals surface area contributed by atoms with Crippen molar-refractivity contribution in [2.24, 2.45) is 5.41 Å². The zero-order valence-corrected chi connectivity index (χ0v) is 27.2. The van der Waals surface area contributed by atoms with E-state index in [-0.39, 0.29) is 11.5 Å². The van der Waals surface area contributed by atoms with Crippen molar-refractivity contribution in [1.82, 2.24) is 0 Å². The van der Waals surface area contributed by atoms with Crippen molar-refractivity contribution in [2.45, 2.75) is 88.2 Å². The first kappa shape index (κ1) is 33.8. The van der Waals surface area contributed by atoms with E-state index in [9.17, 15) is 5.11 Å². The second-order valence-electron chi connectivity index (χ2n) is 12.3. The summed E-state index contributed by atoms with van der Waals surface area (Å²) in [5.74, 6) is 0. The molecule has 1 aliphatic carbocycles. The van der Waals surface area contributed by atoms with Gasteiger partial charge in [0.25, 0.3) is 0 Å². The molecule has 2 rings (SSSR count). The normalized spacial score (nSPS) is 19.8. The Labute approximate surface area is 251 Å². The highest BCUT2D eigenvalue weighted by atomic mass is 16.3. The average Bonchev–Trinajstić information content (AvgIpc) is 2.88. The van der Waals surface area contributed by atoms with Crippen LogP contribution in [0.3, 0.4) is 0 Å². The second kappa shape index (κ2) is 16.1. The summed E-state index contributed by atoms with van der Waals surface area (Å²) in [7, 11) is 0. The summed E-state index contributed by atoms with van der Waals surface area (Å²) < 4.78 is 0. The minimum Gasteiger partial charge on any atom is -0.393 e. The van der Waals surface area contributed by atoms with Crippen LogP contribution in [0.5, 0.6) is 0 Å². The third kappa shape index (κ3) is 11.5. The van der Waals surface area contributed by atoms with Crippen molar-refractivity contribution in [1.29, 1.82) is 0 Å². The van der Waals surface area contributed by atoms with Gasteiger partial charge in [-0.25, -0.2) is 0 Å². The molecule has 0 radical (unpaired) electrons. The van der Waals surface area contributed by atoms with E-state index in [1.165, 1.54) is 55.7 Å². The Kier molecular flexibility index (Phi) is 13.3. The van der Waals surface area contributed by atoms with Crippen LogP contribution in [0.15, 0.2) is 125 Å². The van der Waals surface area contributed by atoms with Crippen LogP contribution in [0.4, 0.5) is 0 Å². The molecule has 0 saturated carbocycles. The van der Waals surface area contributed by atoms with Crippen molar-refractivity contribution < 1.29 is 5.11 Å². The number of aliphatic hydroxyl groups is 1.